The number of carbonyl (C=O) groups is 2. The predicted molar refractivity (Wildman–Crippen MR) is 92.1 cm³/mol. The molecule has 3 rings (SSSR count). The van der Waals surface area contributed by atoms with Crippen molar-refractivity contribution in [3.05, 3.63) is 24.3 Å². The van der Waals surface area contributed by atoms with Gasteiger partial charge in [-0.2, -0.15) is 0 Å². The normalized spacial score (nSPS) is 23.5. The molecular weight excluding hydrogens is 306 g/mol. The molecule has 6 nitrogen and oxygen atoms in total. The van der Waals surface area contributed by atoms with Gasteiger partial charge in [-0.25, -0.2) is 0 Å². The molecule has 2 unspecified atom stereocenters. The van der Waals surface area contributed by atoms with Crippen molar-refractivity contribution in [2.75, 3.05) is 38.2 Å². The van der Waals surface area contributed by atoms with E-state index in [0.717, 1.165) is 30.9 Å². The quantitative estimate of drug-likeness (QED) is 0.821. The molecule has 2 amide bonds. The number of anilines is 1. The topological polar surface area (TPSA) is 70.7 Å². The van der Waals surface area contributed by atoms with Gasteiger partial charge in [0.1, 0.15) is 5.75 Å². The van der Waals surface area contributed by atoms with Gasteiger partial charge in [-0.15, -0.1) is 0 Å². The summed E-state index contributed by atoms with van der Waals surface area (Å²) in [6.07, 6.45) is 2.47. The molecule has 0 spiro atoms. The molecule has 2 aliphatic heterocycles. The summed E-state index contributed by atoms with van der Waals surface area (Å²) in [5, 5.41) is 6.33. The molecule has 0 saturated carbocycles. The Hall–Kier alpha value is -2.08. The van der Waals surface area contributed by atoms with Crippen LogP contribution in [0.25, 0.3) is 0 Å². The molecule has 0 aromatic heterocycles. The fourth-order valence-electron chi connectivity index (χ4n) is 3.40. The van der Waals surface area contributed by atoms with Crippen molar-refractivity contribution >= 4 is 17.5 Å². The Labute approximate surface area is 142 Å². The van der Waals surface area contributed by atoms with E-state index in [-0.39, 0.29) is 24.2 Å². The monoisotopic (exact) mass is 331 g/mol. The van der Waals surface area contributed by atoms with E-state index < -0.39 is 0 Å². The zero-order valence-corrected chi connectivity index (χ0v) is 14.1. The van der Waals surface area contributed by atoms with Crippen LogP contribution < -0.4 is 20.3 Å². The Kier molecular flexibility index (Phi) is 5.35. The lowest BCUT2D eigenvalue weighted by atomic mass is 10.0. The maximum atomic E-state index is 12.3. The van der Waals surface area contributed by atoms with Crippen molar-refractivity contribution in [2.45, 2.75) is 19.3 Å². The molecule has 2 atom stereocenters. The predicted octanol–water partition coefficient (Wildman–Crippen LogP) is 1.16. The number of amides is 2. The molecule has 2 saturated heterocycles. The lowest BCUT2D eigenvalue weighted by molar-refractivity contribution is -0.126. The van der Waals surface area contributed by atoms with Crippen molar-refractivity contribution < 1.29 is 14.3 Å². The SMILES string of the molecule is COc1ccc(N2CC(C(=O)NCCC3CCNC3)CC2=O)cc1. The van der Waals surface area contributed by atoms with Crippen LogP contribution in [-0.4, -0.2) is 45.1 Å². The first-order valence-electron chi connectivity index (χ1n) is 8.60. The average molecular weight is 331 g/mol. The summed E-state index contributed by atoms with van der Waals surface area (Å²) in [5.41, 5.74) is 0.813. The zero-order valence-electron chi connectivity index (χ0n) is 14.1. The minimum absolute atomic E-state index is 0.000287. The number of hydrogen-bond acceptors (Lipinski definition) is 4. The van der Waals surface area contributed by atoms with Crippen molar-refractivity contribution in [3.63, 3.8) is 0 Å². The first-order chi connectivity index (χ1) is 11.7. The van der Waals surface area contributed by atoms with Gasteiger partial charge < -0.3 is 20.3 Å². The third-order valence-corrected chi connectivity index (χ3v) is 4.89. The van der Waals surface area contributed by atoms with E-state index >= 15 is 0 Å². The van der Waals surface area contributed by atoms with Crippen LogP contribution in [0.4, 0.5) is 5.69 Å². The summed E-state index contributed by atoms with van der Waals surface area (Å²) in [6, 6.07) is 7.35. The number of nitrogens with one attached hydrogen (secondary N) is 2. The number of rotatable bonds is 6. The Morgan fingerprint density at radius 3 is 2.83 bits per heavy atom. The van der Waals surface area contributed by atoms with Crippen molar-refractivity contribution in [1.29, 1.82) is 0 Å². The smallest absolute Gasteiger partial charge is 0.227 e. The van der Waals surface area contributed by atoms with E-state index in [0.29, 0.717) is 19.0 Å². The summed E-state index contributed by atoms with van der Waals surface area (Å²) in [5.74, 6) is 1.14. The highest BCUT2D eigenvalue weighted by molar-refractivity contribution is 6.00. The number of hydrogen-bond donors (Lipinski definition) is 2. The summed E-state index contributed by atoms with van der Waals surface area (Å²) in [6.45, 7) is 3.26. The van der Waals surface area contributed by atoms with E-state index in [2.05, 4.69) is 10.6 Å². The maximum Gasteiger partial charge on any atom is 0.227 e. The fraction of sp³-hybridized carbons (Fsp3) is 0.556. The van der Waals surface area contributed by atoms with E-state index in [1.165, 1.54) is 6.42 Å². The zero-order chi connectivity index (χ0) is 16.9. The lowest BCUT2D eigenvalue weighted by Crippen LogP contribution is -2.34. The Balaban J connectivity index is 1.50. The first-order valence-corrected chi connectivity index (χ1v) is 8.60. The van der Waals surface area contributed by atoms with E-state index in [9.17, 15) is 9.59 Å². The van der Waals surface area contributed by atoms with Crippen LogP contribution >= 0.6 is 0 Å². The standard InChI is InChI=1S/C18H25N3O3/c1-24-16-4-2-15(3-5-16)21-12-14(10-17(21)22)18(23)20-9-7-13-6-8-19-11-13/h2-5,13-14,19H,6-12H2,1H3,(H,20,23). The Bertz CT molecular complexity index is 582. The molecule has 2 fully saturated rings. The molecule has 1 aromatic carbocycles. The van der Waals surface area contributed by atoms with Gasteiger partial charge in [0.25, 0.3) is 0 Å². The van der Waals surface area contributed by atoms with Crippen LogP contribution in [-0.2, 0) is 9.59 Å². The summed E-state index contributed by atoms with van der Waals surface area (Å²) >= 11 is 0. The number of methoxy groups -OCH3 is 1. The van der Waals surface area contributed by atoms with E-state index in [1.807, 2.05) is 24.3 Å². The summed E-state index contributed by atoms with van der Waals surface area (Å²) in [7, 11) is 1.61. The molecule has 2 N–H and O–H groups in total. The second-order valence-electron chi connectivity index (χ2n) is 6.54. The molecule has 24 heavy (non-hydrogen) atoms. The van der Waals surface area contributed by atoms with Crippen LogP contribution in [0.5, 0.6) is 5.75 Å². The second-order valence-corrected chi connectivity index (χ2v) is 6.54. The fourth-order valence-corrected chi connectivity index (χ4v) is 3.40. The van der Waals surface area contributed by atoms with Crippen molar-refractivity contribution in [3.8, 4) is 5.75 Å². The average Bonchev–Trinajstić information content (AvgIpc) is 3.24. The molecule has 2 heterocycles. The highest BCUT2D eigenvalue weighted by atomic mass is 16.5. The third-order valence-electron chi connectivity index (χ3n) is 4.89. The Morgan fingerprint density at radius 2 is 2.17 bits per heavy atom. The van der Waals surface area contributed by atoms with Crippen molar-refractivity contribution in [2.24, 2.45) is 11.8 Å². The number of nitrogens with zero attached hydrogens (tertiary/aromatic N) is 1. The molecule has 0 bridgehead atoms. The highest BCUT2D eigenvalue weighted by Gasteiger charge is 2.35. The van der Waals surface area contributed by atoms with Gasteiger partial charge in [0.05, 0.1) is 13.0 Å². The third kappa shape index (κ3) is 3.87. The number of benzene rings is 1. The summed E-state index contributed by atoms with van der Waals surface area (Å²) in [4.78, 5) is 26.2. The van der Waals surface area contributed by atoms with Gasteiger partial charge in [0.2, 0.25) is 11.8 Å². The van der Waals surface area contributed by atoms with Crippen LogP contribution in [0, 0.1) is 11.8 Å². The number of carbonyl (C=O) groups excluding carboxylic acids is 2. The van der Waals surface area contributed by atoms with Crippen LogP contribution in [0.1, 0.15) is 19.3 Å². The Morgan fingerprint density at radius 1 is 1.38 bits per heavy atom. The second kappa shape index (κ2) is 7.66. The van der Waals surface area contributed by atoms with Gasteiger partial charge in [-0.05, 0) is 56.1 Å². The highest BCUT2D eigenvalue weighted by Crippen LogP contribution is 2.27. The lowest BCUT2D eigenvalue weighted by Gasteiger charge is -2.17. The molecular formula is C18H25N3O3. The van der Waals surface area contributed by atoms with E-state index in [1.54, 1.807) is 12.0 Å². The molecule has 0 aliphatic carbocycles. The van der Waals surface area contributed by atoms with Gasteiger partial charge in [-0.3, -0.25) is 9.59 Å². The largest absolute Gasteiger partial charge is 0.497 e. The first kappa shape index (κ1) is 16.8. The molecule has 2 aliphatic rings. The van der Waals surface area contributed by atoms with Crippen LogP contribution in [0.3, 0.4) is 0 Å². The summed E-state index contributed by atoms with van der Waals surface area (Å²) < 4.78 is 5.13. The van der Waals surface area contributed by atoms with Crippen LogP contribution in [0.15, 0.2) is 24.3 Å². The molecule has 6 heteroatoms. The van der Waals surface area contributed by atoms with Gasteiger partial charge in [-0.1, -0.05) is 0 Å². The number of ether oxygens (including phenoxy) is 1. The molecule has 1 aromatic rings. The minimum Gasteiger partial charge on any atom is -0.497 e. The van der Waals surface area contributed by atoms with Crippen molar-refractivity contribution in [1.82, 2.24) is 10.6 Å². The van der Waals surface area contributed by atoms with Gasteiger partial charge >= 0.3 is 0 Å². The molecule has 130 valence electrons. The maximum absolute atomic E-state index is 12.3. The minimum atomic E-state index is -0.263. The molecule has 0 radical (unpaired) electrons. The van der Waals surface area contributed by atoms with Gasteiger partial charge in [0, 0.05) is 25.2 Å². The van der Waals surface area contributed by atoms with Crippen LogP contribution in [0.2, 0.25) is 0 Å². The van der Waals surface area contributed by atoms with E-state index in [4.69, 9.17) is 4.74 Å². The van der Waals surface area contributed by atoms with Gasteiger partial charge in [0.15, 0.2) is 0 Å².